The average Bonchev–Trinajstić information content (AvgIpc) is 2.89. The van der Waals surface area contributed by atoms with E-state index in [-0.39, 0.29) is 5.54 Å². The summed E-state index contributed by atoms with van der Waals surface area (Å²) in [5.74, 6) is 0.935. The number of nitrogens with one attached hydrogen (secondary N) is 1. The molecule has 1 aromatic carbocycles. The van der Waals surface area contributed by atoms with Crippen LogP contribution in [0.15, 0.2) is 24.3 Å². The minimum Gasteiger partial charge on any atom is -0.308 e. The highest BCUT2D eigenvalue weighted by atomic mass is 15.1. The molecule has 0 aromatic heterocycles. The van der Waals surface area contributed by atoms with E-state index in [1.54, 1.807) is 0 Å². The van der Waals surface area contributed by atoms with Crippen molar-refractivity contribution in [1.29, 1.82) is 0 Å². The predicted octanol–water partition coefficient (Wildman–Crippen LogP) is 4.20. The van der Waals surface area contributed by atoms with Gasteiger partial charge >= 0.3 is 0 Å². The lowest BCUT2D eigenvalue weighted by atomic mass is 10.1. The molecule has 21 heavy (non-hydrogen) atoms. The fraction of sp³-hybridized carbons (Fsp3) is 0.684. The fourth-order valence-corrected chi connectivity index (χ4v) is 3.14. The van der Waals surface area contributed by atoms with Gasteiger partial charge in [0.2, 0.25) is 0 Å². The summed E-state index contributed by atoms with van der Waals surface area (Å²) in [6.07, 6.45) is 5.74. The first-order chi connectivity index (χ1) is 9.92. The lowest BCUT2D eigenvalue weighted by Gasteiger charge is -2.22. The van der Waals surface area contributed by atoms with Crippen LogP contribution in [0.4, 0.5) is 0 Å². The lowest BCUT2D eigenvalue weighted by molar-refractivity contribution is 0.271. The van der Waals surface area contributed by atoms with Gasteiger partial charge in [-0.15, -0.1) is 0 Å². The van der Waals surface area contributed by atoms with Crippen LogP contribution in [0, 0.1) is 5.92 Å². The molecule has 0 unspecified atom stereocenters. The van der Waals surface area contributed by atoms with E-state index in [2.05, 4.69) is 62.3 Å². The van der Waals surface area contributed by atoms with Gasteiger partial charge in [0.05, 0.1) is 0 Å². The summed E-state index contributed by atoms with van der Waals surface area (Å²) in [5.41, 5.74) is 2.97. The highest BCUT2D eigenvalue weighted by Gasteiger charge is 2.16. The molecule has 2 rings (SSSR count). The van der Waals surface area contributed by atoms with Crippen molar-refractivity contribution in [3.63, 3.8) is 0 Å². The van der Waals surface area contributed by atoms with Gasteiger partial charge < -0.3 is 10.2 Å². The van der Waals surface area contributed by atoms with Crippen LogP contribution < -0.4 is 5.32 Å². The van der Waals surface area contributed by atoms with Crippen LogP contribution in [0.25, 0.3) is 0 Å². The van der Waals surface area contributed by atoms with Gasteiger partial charge in [-0.25, -0.2) is 0 Å². The number of hydrogen-bond donors (Lipinski definition) is 1. The van der Waals surface area contributed by atoms with Gasteiger partial charge in [0.15, 0.2) is 0 Å². The quantitative estimate of drug-likeness (QED) is 0.844. The predicted molar refractivity (Wildman–Crippen MR) is 91.3 cm³/mol. The van der Waals surface area contributed by atoms with Crippen LogP contribution in [0.1, 0.15) is 57.6 Å². The normalized spacial score (nSPS) is 16.8. The average molecular weight is 288 g/mol. The van der Waals surface area contributed by atoms with Gasteiger partial charge in [-0.1, -0.05) is 37.1 Å². The van der Waals surface area contributed by atoms with Gasteiger partial charge in [0.25, 0.3) is 0 Å². The van der Waals surface area contributed by atoms with Gasteiger partial charge in [-0.2, -0.15) is 0 Å². The maximum absolute atomic E-state index is 3.54. The molecule has 0 heterocycles. The van der Waals surface area contributed by atoms with Crippen LogP contribution >= 0.6 is 0 Å². The van der Waals surface area contributed by atoms with Gasteiger partial charge in [0.1, 0.15) is 0 Å². The van der Waals surface area contributed by atoms with E-state index in [0.29, 0.717) is 0 Å². The van der Waals surface area contributed by atoms with Crippen molar-refractivity contribution in [3.05, 3.63) is 35.4 Å². The lowest BCUT2D eigenvalue weighted by Crippen LogP contribution is -2.35. The van der Waals surface area contributed by atoms with Crippen molar-refractivity contribution >= 4 is 0 Å². The monoisotopic (exact) mass is 288 g/mol. The second-order valence-corrected chi connectivity index (χ2v) is 7.77. The van der Waals surface area contributed by atoms with E-state index in [0.717, 1.165) is 19.0 Å². The smallest absolute Gasteiger partial charge is 0.0230 e. The molecule has 1 aliphatic carbocycles. The number of hydrogen-bond acceptors (Lipinski definition) is 2. The SMILES string of the molecule is CN(Cc1ccc(CNC(C)(C)C)cc1)CC1CCCC1. The first-order valence-electron chi connectivity index (χ1n) is 8.44. The van der Waals surface area contributed by atoms with E-state index in [9.17, 15) is 0 Å². The van der Waals surface area contributed by atoms with Crippen LogP contribution in [-0.2, 0) is 13.1 Å². The zero-order valence-electron chi connectivity index (χ0n) is 14.3. The third-order valence-electron chi connectivity index (χ3n) is 4.34. The molecule has 0 amide bonds. The third-order valence-corrected chi connectivity index (χ3v) is 4.34. The molecule has 2 nitrogen and oxygen atoms in total. The molecule has 0 bridgehead atoms. The Morgan fingerprint density at radius 1 is 1.05 bits per heavy atom. The Balaban J connectivity index is 1.78. The topological polar surface area (TPSA) is 15.3 Å². The number of nitrogens with zero attached hydrogens (tertiary/aromatic N) is 1. The molecule has 118 valence electrons. The minimum absolute atomic E-state index is 0.181. The summed E-state index contributed by atoms with van der Waals surface area (Å²) in [7, 11) is 2.26. The Bertz CT molecular complexity index is 410. The van der Waals surface area contributed by atoms with Crippen molar-refractivity contribution in [2.45, 2.75) is 65.1 Å². The second-order valence-electron chi connectivity index (χ2n) is 7.77. The molecule has 1 aromatic rings. The summed E-state index contributed by atoms with van der Waals surface area (Å²) in [5, 5.41) is 3.54. The summed E-state index contributed by atoms with van der Waals surface area (Å²) in [6.45, 7) is 9.90. The van der Waals surface area contributed by atoms with Gasteiger partial charge in [-0.05, 0) is 57.7 Å². The number of rotatable bonds is 6. The molecule has 0 spiro atoms. The van der Waals surface area contributed by atoms with Crippen LogP contribution in [-0.4, -0.2) is 24.0 Å². The Morgan fingerprint density at radius 2 is 1.62 bits per heavy atom. The third kappa shape index (κ3) is 6.19. The Hall–Kier alpha value is -0.860. The molecule has 2 heteroatoms. The molecular formula is C19H32N2. The molecule has 0 aliphatic heterocycles. The Kier molecular flexibility index (Phi) is 5.83. The first-order valence-corrected chi connectivity index (χ1v) is 8.44. The van der Waals surface area contributed by atoms with Crippen LogP contribution in [0.3, 0.4) is 0 Å². The number of benzene rings is 1. The van der Waals surface area contributed by atoms with E-state index in [4.69, 9.17) is 0 Å². The second kappa shape index (κ2) is 7.42. The van der Waals surface area contributed by atoms with Crippen molar-refractivity contribution in [2.75, 3.05) is 13.6 Å². The van der Waals surface area contributed by atoms with Crippen molar-refractivity contribution in [1.82, 2.24) is 10.2 Å². The van der Waals surface area contributed by atoms with Crippen molar-refractivity contribution < 1.29 is 0 Å². The zero-order chi connectivity index (χ0) is 15.3. The highest BCUT2D eigenvalue weighted by molar-refractivity contribution is 5.22. The van der Waals surface area contributed by atoms with E-state index in [1.807, 2.05) is 0 Å². The zero-order valence-corrected chi connectivity index (χ0v) is 14.3. The van der Waals surface area contributed by atoms with Crippen molar-refractivity contribution in [2.24, 2.45) is 5.92 Å². The first kappa shape index (κ1) is 16.5. The maximum atomic E-state index is 3.54. The summed E-state index contributed by atoms with van der Waals surface area (Å²) in [6, 6.07) is 9.09. The van der Waals surface area contributed by atoms with E-state index in [1.165, 1.54) is 43.4 Å². The van der Waals surface area contributed by atoms with Crippen molar-refractivity contribution in [3.8, 4) is 0 Å². The minimum atomic E-state index is 0.181. The van der Waals surface area contributed by atoms with Gasteiger partial charge in [0, 0.05) is 25.2 Å². The molecule has 1 fully saturated rings. The fourth-order valence-electron chi connectivity index (χ4n) is 3.14. The summed E-state index contributed by atoms with van der Waals surface area (Å²) < 4.78 is 0. The molecule has 1 N–H and O–H groups in total. The van der Waals surface area contributed by atoms with Crippen LogP contribution in [0.2, 0.25) is 0 Å². The van der Waals surface area contributed by atoms with E-state index >= 15 is 0 Å². The van der Waals surface area contributed by atoms with Crippen LogP contribution in [0.5, 0.6) is 0 Å². The Labute approximate surface area is 130 Å². The molecule has 1 aliphatic rings. The highest BCUT2D eigenvalue weighted by Crippen LogP contribution is 2.25. The molecule has 0 radical (unpaired) electrons. The van der Waals surface area contributed by atoms with E-state index < -0.39 is 0 Å². The maximum Gasteiger partial charge on any atom is 0.0230 e. The molecule has 0 saturated heterocycles. The molecule has 1 saturated carbocycles. The molecule has 0 atom stereocenters. The van der Waals surface area contributed by atoms with Gasteiger partial charge in [-0.3, -0.25) is 0 Å². The summed E-state index contributed by atoms with van der Waals surface area (Å²) >= 11 is 0. The Morgan fingerprint density at radius 3 is 2.19 bits per heavy atom. The molecular weight excluding hydrogens is 256 g/mol. The standard InChI is InChI=1S/C19H32N2/c1-19(2,3)20-13-16-9-11-18(12-10-16)15-21(4)14-17-7-5-6-8-17/h9-12,17,20H,5-8,13-15H2,1-4H3. The summed E-state index contributed by atoms with van der Waals surface area (Å²) in [4.78, 5) is 2.48. The largest absolute Gasteiger partial charge is 0.308 e.